The van der Waals surface area contributed by atoms with Gasteiger partial charge in [-0.15, -0.1) is 0 Å². The number of esters is 1. The zero-order valence-corrected chi connectivity index (χ0v) is 9.58. The Balaban J connectivity index is 3.72. The first-order valence-electron chi connectivity index (χ1n) is 5.57. The molecule has 0 fully saturated rings. The number of carbonyl (C=O) groups excluding carboxylic acids is 1. The third kappa shape index (κ3) is 6.70. The van der Waals surface area contributed by atoms with Crippen LogP contribution in [-0.2, 0) is 9.53 Å². The van der Waals surface area contributed by atoms with E-state index in [9.17, 15) is 4.79 Å². The quantitative estimate of drug-likeness (QED) is 0.356. The first-order valence-corrected chi connectivity index (χ1v) is 5.57. The fraction of sp³-hybridized carbons (Fsp3) is 0.750. The van der Waals surface area contributed by atoms with E-state index in [0.717, 1.165) is 19.3 Å². The number of allylic oxidation sites excluding steroid dienone is 1. The second kappa shape index (κ2) is 8.79. The van der Waals surface area contributed by atoms with Crippen LogP contribution in [-0.4, -0.2) is 12.1 Å². The topological polar surface area (TPSA) is 26.3 Å². The largest absolute Gasteiger partial charge is 0.459 e. The summed E-state index contributed by atoms with van der Waals surface area (Å²) < 4.78 is 5.26. The smallest absolute Gasteiger partial charge is 0.330 e. The van der Waals surface area contributed by atoms with Gasteiger partial charge in [0.05, 0.1) is 0 Å². The van der Waals surface area contributed by atoms with Gasteiger partial charge in [-0.3, -0.25) is 0 Å². The molecule has 2 heteroatoms. The number of unbranched alkanes of at least 4 members (excludes halogenated alkanes) is 2. The van der Waals surface area contributed by atoms with E-state index < -0.39 is 0 Å². The van der Waals surface area contributed by atoms with Crippen molar-refractivity contribution in [3.63, 3.8) is 0 Å². The third-order valence-corrected chi connectivity index (χ3v) is 2.17. The highest BCUT2D eigenvalue weighted by atomic mass is 16.5. The molecule has 0 amide bonds. The van der Waals surface area contributed by atoms with Crippen LogP contribution in [0.3, 0.4) is 0 Å². The Labute approximate surface area is 87.3 Å². The van der Waals surface area contributed by atoms with Crippen LogP contribution in [0.15, 0.2) is 12.2 Å². The van der Waals surface area contributed by atoms with Crippen molar-refractivity contribution >= 4 is 5.97 Å². The van der Waals surface area contributed by atoms with Crippen molar-refractivity contribution in [3.8, 4) is 0 Å². The lowest BCUT2D eigenvalue weighted by molar-refractivity contribution is -0.143. The van der Waals surface area contributed by atoms with Crippen LogP contribution in [0.4, 0.5) is 0 Å². The van der Waals surface area contributed by atoms with Gasteiger partial charge in [0.25, 0.3) is 0 Å². The Morgan fingerprint density at radius 3 is 2.57 bits per heavy atom. The molecule has 0 aliphatic heterocycles. The van der Waals surface area contributed by atoms with Crippen LogP contribution in [0, 0.1) is 0 Å². The van der Waals surface area contributed by atoms with Gasteiger partial charge in [-0.05, 0) is 26.2 Å². The first-order chi connectivity index (χ1) is 6.74. The van der Waals surface area contributed by atoms with Crippen LogP contribution in [0.25, 0.3) is 0 Å². The summed E-state index contributed by atoms with van der Waals surface area (Å²) in [5, 5.41) is 0. The second-order valence-electron chi connectivity index (χ2n) is 3.46. The lowest BCUT2D eigenvalue weighted by atomic mass is 10.1. The normalized spacial score (nSPS) is 13.1. The van der Waals surface area contributed by atoms with Gasteiger partial charge < -0.3 is 4.74 Å². The highest BCUT2D eigenvalue weighted by Crippen LogP contribution is 2.10. The molecule has 0 bridgehead atoms. The molecule has 0 radical (unpaired) electrons. The molecule has 0 aromatic rings. The monoisotopic (exact) mass is 198 g/mol. The maximum atomic E-state index is 11.1. The molecule has 0 spiro atoms. The maximum absolute atomic E-state index is 11.1. The van der Waals surface area contributed by atoms with Crippen LogP contribution < -0.4 is 0 Å². The number of hydrogen-bond acceptors (Lipinski definition) is 2. The van der Waals surface area contributed by atoms with Gasteiger partial charge in [0.15, 0.2) is 0 Å². The van der Waals surface area contributed by atoms with Gasteiger partial charge in [-0.1, -0.05) is 32.8 Å². The Bertz CT molecular complexity index is 173. The summed E-state index contributed by atoms with van der Waals surface area (Å²) in [4.78, 5) is 11.1. The van der Waals surface area contributed by atoms with Crippen molar-refractivity contribution in [2.75, 3.05) is 0 Å². The van der Waals surface area contributed by atoms with E-state index >= 15 is 0 Å². The van der Waals surface area contributed by atoms with Crippen LogP contribution in [0.2, 0.25) is 0 Å². The molecule has 0 aliphatic rings. The minimum Gasteiger partial charge on any atom is -0.459 e. The molecule has 82 valence electrons. The van der Waals surface area contributed by atoms with E-state index in [-0.39, 0.29) is 12.1 Å². The van der Waals surface area contributed by atoms with Gasteiger partial charge in [0, 0.05) is 6.08 Å². The molecule has 0 heterocycles. The third-order valence-electron chi connectivity index (χ3n) is 2.17. The van der Waals surface area contributed by atoms with E-state index in [2.05, 4.69) is 13.8 Å². The molecule has 1 atom stereocenters. The Morgan fingerprint density at radius 1 is 1.36 bits per heavy atom. The lowest BCUT2D eigenvalue weighted by Gasteiger charge is -2.14. The first kappa shape index (κ1) is 13.2. The average molecular weight is 198 g/mol. The van der Waals surface area contributed by atoms with Gasteiger partial charge in [0.1, 0.15) is 6.10 Å². The zero-order valence-electron chi connectivity index (χ0n) is 9.58. The highest BCUT2D eigenvalue weighted by molar-refractivity contribution is 5.81. The van der Waals surface area contributed by atoms with Crippen molar-refractivity contribution in [2.45, 2.75) is 59.0 Å². The van der Waals surface area contributed by atoms with E-state index in [1.165, 1.54) is 18.9 Å². The summed E-state index contributed by atoms with van der Waals surface area (Å²) in [6.45, 7) is 6.05. The molecule has 0 aromatic heterocycles. The Kier molecular flexibility index (Phi) is 8.30. The second-order valence-corrected chi connectivity index (χ2v) is 3.46. The minimum absolute atomic E-state index is 0.102. The number of hydrogen-bond donors (Lipinski definition) is 0. The van der Waals surface area contributed by atoms with Crippen molar-refractivity contribution in [3.05, 3.63) is 12.2 Å². The molecule has 1 unspecified atom stereocenters. The van der Waals surface area contributed by atoms with Crippen molar-refractivity contribution in [2.24, 2.45) is 0 Å². The van der Waals surface area contributed by atoms with Gasteiger partial charge in [-0.2, -0.15) is 0 Å². The zero-order chi connectivity index (χ0) is 10.8. The van der Waals surface area contributed by atoms with Crippen molar-refractivity contribution in [1.29, 1.82) is 0 Å². The number of rotatable bonds is 7. The summed E-state index contributed by atoms with van der Waals surface area (Å²) in [6.07, 6.45) is 8.77. The Hall–Kier alpha value is -0.790. The molecule has 0 aromatic carbocycles. The maximum Gasteiger partial charge on any atom is 0.330 e. The van der Waals surface area contributed by atoms with Crippen LogP contribution in [0.1, 0.15) is 52.9 Å². The summed E-state index contributed by atoms with van der Waals surface area (Å²) in [7, 11) is 0. The molecular weight excluding hydrogens is 176 g/mol. The summed E-state index contributed by atoms with van der Waals surface area (Å²) in [5.41, 5.74) is 0. The number of ether oxygens (including phenoxy) is 1. The van der Waals surface area contributed by atoms with E-state index in [1.807, 2.05) is 6.92 Å². The average Bonchev–Trinajstić information content (AvgIpc) is 2.17. The molecule has 0 saturated heterocycles. The minimum atomic E-state index is -0.212. The van der Waals surface area contributed by atoms with Gasteiger partial charge >= 0.3 is 5.97 Å². The van der Waals surface area contributed by atoms with Gasteiger partial charge in [0.2, 0.25) is 0 Å². The van der Waals surface area contributed by atoms with E-state index in [1.54, 1.807) is 6.08 Å². The lowest BCUT2D eigenvalue weighted by Crippen LogP contribution is -2.15. The standard InChI is InChI=1S/C12H22O2/c1-4-7-8-10-11(6-3)14-12(13)9-5-2/h5,9,11H,4,6-8,10H2,1-3H3/b9-5+. The Morgan fingerprint density at radius 2 is 2.07 bits per heavy atom. The summed E-state index contributed by atoms with van der Waals surface area (Å²) in [5.74, 6) is -0.212. The molecule has 0 aliphatic carbocycles. The molecule has 0 saturated carbocycles. The van der Waals surface area contributed by atoms with Crippen LogP contribution in [0.5, 0.6) is 0 Å². The number of carbonyl (C=O) groups is 1. The predicted molar refractivity (Wildman–Crippen MR) is 59.1 cm³/mol. The molecule has 14 heavy (non-hydrogen) atoms. The summed E-state index contributed by atoms with van der Waals surface area (Å²) >= 11 is 0. The predicted octanol–water partition coefficient (Wildman–Crippen LogP) is 3.46. The van der Waals surface area contributed by atoms with Crippen LogP contribution >= 0.6 is 0 Å². The fourth-order valence-electron chi connectivity index (χ4n) is 1.31. The van der Waals surface area contributed by atoms with E-state index in [0.29, 0.717) is 0 Å². The van der Waals surface area contributed by atoms with Crippen molar-refractivity contribution in [1.82, 2.24) is 0 Å². The van der Waals surface area contributed by atoms with E-state index in [4.69, 9.17) is 4.74 Å². The molecular formula is C12H22O2. The summed E-state index contributed by atoms with van der Waals surface area (Å²) in [6, 6.07) is 0. The molecule has 0 N–H and O–H groups in total. The fourth-order valence-corrected chi connectivity index (χ4v) is 1.31. The van der Waals surface area contributed by atoms with Gasteiger partial charge in [-0.25, -0.2) is 4.79 Å². The molecule has 2 nitrogen and oxygen atoms in total. The SMILES string of the molecule is C/C=C/C(=O)OC(CC)CCCCC. The van der Waals surface area contributed by atoms with Crippen molar-refractivity contribution < 1.29 is 9.53 Å². The highest BCUT2D eigenvalue weighted by Gasteiger charge is 2.09. The molecule has 0 rings (SSSR count).